The molecule has 0 fully saturated rings. The van der Waals surface area contributed by atoms with Crippen molar-refractivity contribution in [1.82, 2.24) is 9.78 Å². The smallest absolute Gasteiger partial charge is 0.255 e. The van der Waals surface area contributed by atoms with Crippen LogP contribution >= 0.6 is 0 Å². The van der Waals surface area contributed by atoms with Crippen LogP contribution in [0.15, 0.2) is 67.0 Å². The third kappa shape index (κ3) is 3.58. The Kier molecular flexibility index (Phi) is 4.38. The second-order valence-electron chi connectivity index (χ2n) is 4.91. The van der Waals surface area contributed by atoms with Gasteiger partial charge in [0.15, 0.2) is 0 Å². The summed E-state index contributed by atoms with van der Waals surface area (Å²) in [5, 5.41) is 7.02. The summed E-state index contributed by atoms with van der Waals surface area (Å²) in [4.78, 5) is 12.3. The molecule has 0 atom stereocenters. The van der Waals surface area contributed by atoms with Crippen LogP contribution in [-0.2, 0) is 0 Å². The van der Waals surface area contributed by atoms with Crippen molar-refractivity contribution in [3.8, 4) is 11.4 Å². The van der Waals surface area contributed by atoms with E-state index in [1.165, 1.54) is 0 Å². The molecular formula is C18H17N3O2. The molecule has 116 valence electrons. The van der Waals surface area contributed by atoms with Gasteiger partial charge in [0.2, 0.25) is 0 Å². The van der Waals surface area contributed by atoms with E-state index in [0.717, 1.165) is 17.1 Å². The van der Waals surface area contributed by atoms with Crippen molar-refractivity contribution in [1.29, 1.82) is 0 Å². The van der Waals surface area contributed by atoms with E-state index in [1.54, 1.807) is 23.0 Å². The predicted molar refractivity (Wildman–Crippen MR) is 89.1 cm³/mol. The largest absolute Gasteiger partial charge is 0.494 e. The highest BCUT2D eigenvalue weighted by molar-refractivity contribution is 6.04. The molecule has 0 aliphatic heterocycles. The van der Waals surface area contributed by atoms with Crippen LogP contribution in [0.2, 0.25) is 0 Å². The van der Waals surface area contributed by atoms with Crippen molar-refractivity contribution < 1.29 is 9.53 Å². The van der Waals surface area contributed by atoms with Gasteiger partial charge in [0.1, 0.15) is 5.75 Å². The Morgan fingerprint density at radius 2 is 1.87 bits per heavy atom. The highest BCUT2D eigenvalue weighted by Gasteiger charge is 2.07. The number of nitrogens with one attached hydrogen (secondary N) is 1. The first-order valence-corrected chi connectivity index (χ1v) is 7.40. The van der Waals surface area contributed by atoms with Crippen LogP contribution < -0.4 is 10.1 Å². The maximum Gasteiger partial charge on any atom is 0.255 e. The Balaban J connectivity index is 1.68. The average molecular weight is 307 g/mol. The Morgan fingerprint density at radius 1 is 1.13 bits per heavy atom. The van der Waals surface area contributed by atoms with Gasteiger partial charge in [-0.2, -0.15) is 5.10 Å². The van der Waals surface area contributed by atoms with Crippen molar-refractivity contribution in [2.45, 2.75) is 6.92 Å². The minimum Gasteiger partial charge on any atom is -0.494 e. The van der Waals surface area contributed by atoms with Gasteiger partial charge in [0.25, 0.3) is 5.91 Å². The minimum absolute atomic E-state index is 0.152. The van der Waals surface area contributed by atoms with E-state index >= 15 is 0 Å². The number of hydrogen-bond acceptors (Lipinski definition) is 3. The molecule has 5 heteroatoms. The normalized spacial score (nSPS) is 10.3. The summed E-state index contributed by atoms with van der Waals surface area (Å²) in [6.07, 6.45) is 3.57. The van der Waals surface area contributed by atoms with E-state index in [2.05, 4.69) is 10.4 Å². The molecule has 23 heavy (non-hydrogen) atoms. The van der Waals surface area contributed by atoms with Crippen LogP contribution in [0.25, 0.3) is 5.69 Å². The molecule has 5 nitrogen and oxygen atoms in total. The van der Waals surface area contributed by atoms with Crippen molar-refractivity contribution >= 4 is 11.6 Å². The highest BCUT2D eigenvalue weighted by Crippen LogP contribution is 2.17. The Morgan fingerprint density at radius 3 is 2.48 bits per heavy atom. The summed E-state index contributed by atoms with van der Waals surface area (Å²) in [7, 11) is 0. The Labute approximate surface area is 134 Å². The maximum atomic E-state index is 12.3. The summed E-state index contributed by atoms with van der Waals surface area (Å²) >= 11 is 0. The monoisotopic (exact) mass is 307 g/mol. The average Bonchev–Trinajstić information content (AvgIpc) is 3.11. The summed E-state index contributed by atoms with van der Waals surface area (Å²) in [5.74, 6) is 0.634. The number of carbonyl (C=O) groups is 1. The first kappa shape index (κ1) is 14.8. The molecule has 0 aliphatic rings. The van der Waals surface area contributed by atoms with Gasteiger partial charge in [0.05, 0.1) is 12.3 Å². The maximum absolute atomic E-state index is 12.3. The van der Waals surface area contributed by atoms with E-state index in [0.29, 0.717) is 12.2 Å². The molecular weight excluding hydrogens is 290 g/mol. The van der Waals surface area contributed by atoms with Crippen LogP contribution in [0.3, 0.4) is 0 Å². The summed E-state index contributed by atoms with van der Waals surface area (Å²) in [5.41, 5.74) is 2.23. The van der Waals surface area contributed by atoms with Gasteiger partial charge in [-0.15, -0.1) is 0 Å². The predicted octanol–water partition coefficient (Wildman–Crippen LogP) is 3.52. The molecule has 1 amide bonds. The quantitative estimate of drug-likeness (QED) is 0.784. The molecule has 0 spiro atoms. The van der Waals surface area contributed by atoms with Crippen molar-refractivity contribution in [2.75, 3.05) is 11.9 Å². The zero-order chi connectivity index (χ0) is 16.1. The van der Waals surface area contributed by atoms with Crippen LogP contribution in [0.1, 0.15) is 17.3 Å². The number of benzene rings is 2. The standard InChI is InChI=1S/C18H17N3O2/c1-2-23-17-10-6-15(7-11-17)20-18(22)14-4-8-16(9-5-14)21-13-3-12-19-21/h3-13H,2H2,1H3,(H,20,22). The van der Waals surface area contributed by atoms with E-state index in [9.17, 15) is 4.79 Å². The fraction of sp³-hybridized carbons (Fsp3) is 0.111. The molecule has 0 radical (unpaired) electrons. The molecule has 3 rings (SSSR count). The third-order valence-electron chi connectivity index (χ3n) is 3.32. The van der Waals surface area contributed by atoms with E-state index < -0.39 is 0 Å². The second kappa shape index (κ2) is 6.79. The molecule has 3 aromatic rings. The highest BCUT2D eigenvalue weighted by atomic mass is 16.5. The first-order chi connectivity index (χ1) is 11.3. The number of carbonyl (C=O) groups excluding carboxylic acids is 1. The lowest BCUT2D eigenvalue weighted by molar-refractivity contribution is 0.102. The SMILES string of the molecule is CCOc1ccc(NC(=O)c2ccc(-n3cccn3)cc2)cc1. The molecule has 0 aliphatic carbocycles. The molecule has 1 N–H and O–H groups in total. The van der Waals surface area contributed by atoms with Gasteiger partial charge in [-0.3, -0.25) is 4.79 Å². The van der Waals surface area contributed by atoms with Crippen LogP contribution in [0.5, 0.6) is 5.75 Å². The van der Waals surface area contributed by atoms with Crippen LogP contribution in [-0.4, -0.2) is 22.3 Å². The van der Waals surface area contributed by atoms with E-state index in [4.69, 9.17) is 4.74 Å². The lowest BCUT2D eigenvalue weighted by Crippen LogP contribution is -2.11. The lowest BCUT2D eigenvalue weighted by Gasteiger charge is -2.08. The van der Waals surface area contributed by atoms with E-state index in [-0.39, 0.29) is 5.91 Å². The van der Waals surface area contributed by atoms with Gasteiger partial charge in [-0.1, -0.05) is 0 Å². The molecule has 0 bridgehead atoms. The number of amides is 1. The number of nitrogens with zero attached hydrogens (tertiary/aromatic N) is 2. The molecule has 0 unspecified atom stereocenters. The van der Waals surface area contributed by atoms with Crippen molar-refractivity contribution in [3.05, 3.63) is 72.6 Å². The summed E-state index contributed by atoms with van der Waals surface area (Å²) in [6.45, 7) is 2.55. The van der Waals surface area contributed by atoms with Gasteiger partial charge in [-0.25, -0.2) is 4.68 Å². The summed E-state index contributed by atoms with van der Waals surface area (Å²) in [6, 6.07) is 16.4. The number of aromatic nitrogens is 2. The zero-order valence-corrected chi connectivity index (χ0v) is 12.8. The molecule has 0 saturated heterocycles. The first-order valence-electron chi connectivity index (χ1n) is 7.40. The fourth-order valence-corrected chi connectivity index (χ4v) is 2.19. The minimum atomic E-state index is -0.152. The topological polar surface area (TPSA) is 56.1 Å². The number of hydrogen-bond donors (Lipinski definition) is 1. The van der Waals surface area contributed by atoms with Crippen LogP contribution in [0.4, 0.5) is 5.69 Å². The fourth-order valence-electron chi connectivity index (χ4n) is 2.19. The van der Waals surface area contributed by atoms with Gasteiger partial charge < -0.3 is 10.1 Å². The zero-order valence-electron chi connectivity index (χ0n) is 12.8. The van der Waals surface area contributed by atoms with E-state index in [1.807, 2.05) is 55.6 Å². The van der Waals surface area contributed by atoms with Gasteiger partial charge in [-0.05, 0) is 61.5 Å². The second-order valence-corrected chi connectivity index (χ2v) is 4.91. The molecule has 1 heterocycles. The number of anilines is 1. The summed E-state index contributed by atoms with van der Waals surface area (Å²) < 4.78 is 7.12. The molecule has 1 aromatic heterocycles. The molecule has 2 aromatic carbocycles. The van der Waals surface area contributed by atoms with Crippen LogP contribution in [0, 0.1) is 0 Å². The Bertz CT molecular complexity index is 763. The van der Waals surface area contributed by atoms with Gasteiger partial charge in [0, 0.05) is 23.6 Å². The molecule has 0 saturated carbocycles. The third-order valence-corrected chi connectivity index (χ3v) is 3.32. The lowest BCUT2D eigenvalue weighted by atomic mass is 10.2. The number of rotatable bonds is 5. The van der Waals surface area contributed by atoms with Gasteiger partial charge >= 0.3 is 0 Å². The Hall–Kier alpha value is -3.08. The van der Waals surface area contributed by atoms with Crippen molar-refractivity contribution in [2.24, 2.45) is 0 Å². The van der Waals surface area contributed by atoms with Crippen molar-refractivity contribution in [3.63, 3.8) is 0 Å². The number of ether oxygens (including phenoxy) is 1.